The van der Waals surface area contributed by atoms with E-state index >= 15 is 0 Å². The van der Waals surface area contributed by atoms with Crippen molar-refractivity contribution in [1.82, 2.24) is 0 Å². The fraction of sp³-hybridized carbons (Fsp3) is 0.238. The van der Waals surface area contributed by atoms with E-state index in [4.69, 9.17) is 16.3 Å². The molecule has 7 nitrogen and oxygen atoms in total. The lowest BCUT2D eigenvalue weighted by Gasteiger charge is -2.17. The normalized spacial score (nSPS) is 19.2. The molecule has 0 spiro atoms. The zero-order valence-electron chi connectivity index (χ0n) is 15.3. The fourth-order valence-electron chi connectivity index (χ4n) is 3.46. The summed E-state index contributed by atoms with van der Waals surface area (Å²) in [7, 11) is 0. The number of nitrogens with zero attached hydrogens (tertiary/aromatic N) is 2. The summed E-state index contributed by atoms with van der Waals surface area (Å²) >= 11 is 5.87. The second kappa shape index (κ2) is 7.67. The van der Waals surface area contributed by atoms with Crippen LogP contribution in [0.5, 0.6) is 5.75 Å². The number of hydrogen-bond donors (Lipinski definition) is 0. The highest BCUT2D eigenvalue weighted by Gasteiger charge is 2.36. The predicted octanol–water partition coefficient (Wildman–Crippen LogP) is 2.95. The summed E-state index contributed by atoms with van der Waals surface area (Å²) in [4.78, 5) is 51.0. The van der Waals surface area contributed by atoms with Gasteiger partial charge >= 0.3 is 5.97 Å². The van der Waals surface area contributed by atoms with Gasteiger partial charge in [0.25, 0.3) is 0 Å². The van der Waals surface area contributed by atoms with Crippen molar-refractivity contribution in [2.24, 2.45) is 5.92 Å². The average molecular weight is 413 g/mol. The first-order valence-corrected chi connectivity index (χ1v) is 9.53. The van der Waals surface area contributed by atoms with Crippen LogP contribution in [0.1, 0.15) is 19.3 Å². The third-order valence-electron chi connectivity index (χ3n) is 4.96. The maximum atomic E-state index is 12.5. The van der Waals surface area contributed by atoms with Gasteiger partial charge in [-0.25, -0.2) is 0 Å². The van der Waals surface area contributed by atoms with Crippen molar-refractivity contribution in [2.45, 2.75) is 19.3 Å². The number of hydrogen-bond acceptors (Lipinski definition) is 5. The van der Waals surface area contributed by atoms with Crippen LogP contribution in [0.4, 0.5) is 11.4 Å². The number of benzene rings is 2. The summed E-state index contributed by atoms with van der Waals surface area (Å²) in [6.45, 7) is 0.230. The monoisotopic (exact) mass is 412 g/mol. The number of carbonyl (C=O) groups is 4. The largest absolute Gasteiger partial charge is 0.426 e. The molecule has 2 aliphatic rings. The Hall–Kier alpha value is -3.19. The summed E-state index contributed by atoms with van der Waals surface area (Å²) in [5.74, 6) is -1.44. The van der Waals surface area contributed by atoms with Gasteiger partial charge in [0.15, 0.2) is 0 Å². The number of esters is 1. The second-order valence-corrected chi connectivity index (χ2v) is 7.36. The first-order chi connectivity index (χ1) is 13.9. The molecule has 29 heavy (non-hydrogen) atoms. The van der Waals surface area contributed by atoms with Gasteiger partial charge in [0.2, 0.25) is 17.7 Å². The first kappa shape index (κ1) is 19.1. The molecule has 0 bridgehead atoms. The van der Waals surface area contributed by atoms with E-state index < -0.39 is 11.9 Å². The van der Waals surface area contributed by atoms with Gasteiger partial charge in [0.05, 0.1) is 11.6 Å². The number of rotatable bonds is 4. The van der Waals surface area contributed by atoms with Crippen LogP contribution in [0.2, 0.25) is 5.02 Å². The average Bonchev–Trinajstić information content (AvgIpc) is 3.25. The molecule has 2 aromatic rings. The van der Waals surface area contributed by atoms with Crippen molar-refractivity contribution in [2.75, 3.05) is 16.3 Å². The fourth-order valence-corrected chi connectivity index (χ4v) is 3.59. The molecule has 0 aliphatic carbocycles. The third kappa shape index (κ3) is 3.86. The SMILES string of the molecule is O=C(Oc1ccc(N2C(=O)CCC2=O)cc1)C1CC(=O)N(c2ccc(Cl)cc2)C1. The summed E-state index contributed by atoms with van der Waals surface area (Å²) < 4.78 is 5.39. The van der Waals surface area contributed by atoms with Crippen LogP contribution < -0.4 is 14.5 Å². The van der Waals surface area contributed by atoms with Crippen molar-refractivity contribution < 1.29 is 23.9 Å². The summed E-state index contributed by atoms with van der Waals surface area (Å²) in [6.07, 6.45) is 0.473. The molecule has 0 aromatic heterocycles. The van der Waals surface area contributed by atoms with Crippen molar-refractivity contribution in [1.29, 1.82) is 0 Å². The minimum Gasteiger partial charge on any atom is -0.426 e. The predicted molar refractivity (Wildman–Crippen MR) is 106 cm³/mol. The minimum atomic E-state index is -0.584. The smallest absolute Gasteiger partial charge is 0.316 e. The van der Waals surface area contributed by atoms with Crippen LogP contribution >= 0.6 is 11.6 Å². The zero-order valence-corrected chi connectivity index (χ0v) is 16.1. The highest BCUT2D eigenvalue weighted by molar-refractivity contribution is 6.30. The van der Waals surface area contributed by atoms with E-state index in [9.17, 15) is 19.2 Å². The highest BCUT2D eigenvalue weighted by Crippen LogP contribution is 2.29. The van der Waals surface area contributed by atoms with Crippen LogP contribution in [0.25, 0.3) is 0 Å². The molecule has 1 unspecified atom stereocenters. The standard InChI is InChI=1S/C21H17ClN2O5/c22-14-1-3-15(4-2-14)23-12-13(11-20(23)27)21(28)29-17-7-5-16(6-8-17)24-18(25)9-10-19(24)26/h1-8,13H,9-12H2. The molecule has 148 valence electrons. The van der Waals surface area contributed by atoms with Gasteiger partial charge < -0.3 is 9.64 Å². The van der Waals surface area contributed by atoms with E-state index in [2.05, 4.69) is 0 Å². The highest BCUT2D eigenvalue weighted by atomic mass is 35.5. The molecule has 0 N–H and O–H groups in total. The number of imide groups is 1. The van der Waals surface area contributed by atoms with Gasteiger partial charge in [-0.3, -0.25) is 24.1 Å². The molecule has 8 heteroatoms. The van der Waals surface area contributed by atoms with E-state index in [0.717, 1.165) is 4.90 Å². The van der Waals surface area contributed by atoms with Gasteiger partial charge in [-0.1, -0.05) is 11.6 Å². The van der Waals surface area contributed by atoms with Gasteiger partial charge in [0, 0.05) is 36.5 Å². The van der Waals surface area contributed by atoms with Crippen LogP contribution in [-0.4, -0.2) is 30.2 Å². The molecular weight excluding hydrogens is 396 g/mol. The van der Waals surface area contributed by atoms with E-state index in [-0.39, 0.29) is 49.3 Å². The first-order valence-electron chi connectivity index (χ1n) is 9.16. The Kier molecular flexibility index (Phi) is 5.07. The Balaban J connectivity index is 1.40. The number of ether oxygens (including phenoxy) is 1. The molecular formula is C21H17ClN2O5. The van der Waals surface area contributed by atoms with Crippen LogP contribution in [-0.2, 0) is 19.2 Å². The summed E-state index contributed by atoms with van der Waals surface area (Å²) in [5.41, 5.74) is 1.13. The van der Waals surface area contributed by atoms with Crippen LogP contribution in [0, 0.1) is 5.92 Å². The van der Waals surface area contributed by atoms with Gasteiger partial charge in [-0.05, 0) is 48.5 Å². The molecule has 2 aliphatic heterocycles. The molecule has 0 saturated carbocycles. The number of halogens is 1. The van der Waals surface area contributed by atoms with E-state index in [1.807, 2.05) is 0 Å². The minimum absolute atomic E-state index is 0.0658. The third-order valence-corrected chi connectivity index (χ3v) is 5.21. The summed E-state index contributed by atoms with van der Waals surface area (Å²) in [6, 6.07) is 13.0. The topological polar surface area (TPSA) is 84.0 Å². The van der Waals surface area contributed by atoms with E-state index in [1.54, 1.807) is 36.4 Å². The molecule has 2 aromatic carbocycles. The Morgan fingerprint density at radius 1 is 0.862 bits per heavy atom. The zero-order chi connectivity index (χ0) is 20.5. The number of anilines is 2. The molecule has 3 amide bonds. The molecule has 2 saturated heterocycles. The maximum Gasteiger partial charge on any atom is 0.316 e. The van der Waals surface area contributed by atoms with Crippen molar-refractivity contribution in [3.63, 3.8) is 0 Å². The van der Waals surface area contributed by atoms with E-state index in [0.29, 0.717) is 16.4 Å². The van der Waals surface area contributed by atoms with Crippen molar-refractivity contribution >= 4 is 46.7 Å². The van der Waals surface area contributed by atoms with Gasteiger partial charge in [-0.15, -0.1) is 0 Å². The lowest BCUT2D eigenvalue weighted by atomic mass is 10.1. The van der Waals surface area contributed by atoms with Gasteiger partial charge in [0.1, 0.15) is 5.75 Å². The lowest BCUT2D eigenvalue weighted by molar-refractivity contribution is -0.139. The van der Waals surface area contributed by atoms with Gasteiger partial charge in [-0.2, -0.15) is 0 Å². The Morgan fingerprint density at radius 3 is 2.07 bits per heavy atom. The summed E-state index contributed by atoms with van der Waals surface area (Å²) in [5, 5.41) is 0.567. The molecule has 2 heterocycles. The second-order valence-electron chi connectivity index (χ2n) is 6.92. The Labute approximate surface area is 171 Å². The number of carbonyl (C=O) groups excluding carboxylic acids is 4. The molecule has 2 fully saturated rings. The van der Waals surface area contributed by atoms with Crippen LogP contribution in [0.3, 0.4) is 0 Å². The Bertz CT molecular complexity index is 971. The molecule has 1 atom stereocenters. The number of amides is 3. The van der Waals surface area contributed by atoms with Crippen molar-refractivity contribution in [3.05, 3.63) is 53.6 Å². The van der Waals surface area contributed by atoms with Crippen LogP contribution in [0.15, 0.2) is 48.5 Å². The molecule has 0 radical (unpaired) electrons. The molecule has 4 rings (SSSR count). The maximum absolute atomic E-state index is 12.5. The quantitative estimate of drug-likeness (QED) is 0.438. The van der Waals surface area contributed by atoms with Crippen molar-refractivity contribution in [3.8, 4) is 5.75 Å². The lowest BCUT2D eigenvalue weighted by Crippen LogP contribution is -2.28. The van der Waals surface area contributed by atoms with E-state index in [1.165, 1.54) is 17.0 Å². The Morgan fingerprint density at radius 2 is 1.45 bits per heavy atom.